The zero-order chi connectivity index (χ0) is 19.4. The van der Waals surface area contributed by atoms with Crippen LogP contribution in [0.15, 0.2) is 53.1 Å². The predicted molar refractivity (Wildman–Crippen MR) is 92.5 cm³/mol. The lowest BCUT2D eigenvalue weighted by Gasteiger charge is -2.14. The number of alkyl halides is 3. The van der Waals surface area contributed by atoms with Crippen molar-refractivity contribution in [3.05, 3.63) is 70.8 Å². The number of carbonyl (C=O) groups excluding carboxylic acids is 1. The molecule has 3 aromatic rings. The zero-order valence-electron chi connectivity index (χ0n) is 13.5. The van der Waals surface area contributed by atoms with E-state index >= 15 is 0 Å². The first-order chi connectivity index (χ1) is 12.8. The molecule has 2 N–H and O–H groups in total. The van der Waals surface area contributed by atoms with Gasteiger partial charge in [0.25, 0.3) is 5.91 Å². The molecule has 0 atom stereocenters. The van der Waals surface area contributed by atoms with Crippen LogP contribution in [0, 0.1) is 0 Å². The largest absolute Gasteiger partial charge is 0.467 e. The fourth-order valence-electron chi connectivity index (χ4n) is 2.18. The summed E-state index contributed by atoms with van der Waals surface area (Å²) in [7, 11) is 0. The van der Waals surface area contributed by atoms with Gasteiger partial charge in [0.2, 0.25) is 0 Å². The monoisotopic (exact) mass is 396 g/mol. The molecule has 2 heterocycles. The summed E-state index contributed by atoms with van der Waals surface area (Å²) in [5.74, 6) is 0.236. The Hall–Kier alpha value is -3.07. The van der Waals surface area contributed by atoms with Gasteiger partial charge in [-0.1, -0.05) is 11.6 Å². The van der Waals surface area contributed by atoms with E-state index in [0.717, 1.165) is 12.1 Å². The number of aromatic nitrogens is 2. The summed E-state index contributed by atoms with van der Waals surface area (Å²) >= 11 is 5.61. The Morgan fingerprint density at radius 1 is 1.15 bits per heavy atom. The normalized spacial score (nSPS) is 11.3. The molecule has 3 rings (SSSR count). The molecule has 10 heteroatoms. The number of amides is 1. The van der Waals surface area contributed by atoms with Gasteiger partial charge >= 0.3 is 6.18 Å². The summed E-state index contributed by atoms with van der Waals surface area (Å²) in [5.41, 5.74) is -1.60. The van der Waals surface area contributed by atoms with Crippen molar-refractivity contribution < 1.29 is 22.4 Å². The molecule has 140 valence electrons. The number of nitrogens with one attached hydrogen (secondary N) is 2. The van der Waals surface area contributed by atoms with Crippen LogP contribution in [0.5, 0.6) is 0 Å². The fourth-order valence-corrected chi connectivity index (χ4v) is 2.36. The molecule has 0 aliphatic heterocycles. The third kappa shape index (κ3) is 4.76. The molecular weight excluding hydrogens is 385 g/mol. The number of rotatable bonds is 5. The van der Waals surface area contributed by atoms with Crippen LogP contribution in [0.2, 0.25) is 5.02 Å². The van der Waals surface area contributed by atoms with Gasteiger partial charge in [0.15, 0.2) is 5.69 Å². The van der Waals surface area contributed by atoms with Gasteiger partial charge < -0.3 is 15.1 Å². The number of hydrogen-bond donors (Lipinski definition) is 2. The van der Waals surface area contributed by atoms with E-state index in [4.69, 9.17) is 16.0 Å². The van der Waals surface area contributed by atoms with Crippen LogP contribution in [0.3, 0.4) is 0 Å². The lowest BCUT2D eigenvalue weighted by molar-refractivity contribution is -0.136. The lowest BCUT2D eigenvalue weighted by Crippen LogP contribution is -2.18. The van der Waals surface area contributed by atoms with E-state index in [0.29, 0.717) is 18.1 Å². The van der Waals surface area contributed by atoms with Crippen LogP contribution in [-0.2, 0) is 12.7 Å². The average molecular weight is 397 g/mol. The summed E-state index contributed by atoms with van der Waals surface area (Å²) in [6, 6.07) is 9.40. The van der Waals surface area contributed by atoms with Crippen LogP contribution in [0.1, 0.15) is 21.8 Å². The van der Waals surface area contributed by atoms with Crippen molar-refractivity contribution in [3.8, 4) is 0 Å². The molecule has 0 saturated heterocycles. The quantitative estimate of drug-likeness (QED) is 0.658. The summed E-state index contributed by atoms with van der Waals surface area (Å²) in [5, 5.41) is 12.6. The van der Waals surface area contributed by atoms with Crippen molar-refractivity contribution in [2.24, 2.45) is 0 Å². The number of hydrogen-bond acceptors (Lipinski definition) is 5. The van der Waals surface area contributed by atoms with E-state index in [9.17, 15) is 18.0 Å². The molecule has 27 heavy (non-hydrogen) atoms. The standard InChI is InChI=1S/C17H12ClF3N4O2/c18-10-3-4-13(12(8-10)17(19,20)21)23-16(26)14-5-6-15(25-24-14)22-9-11-2-1-7-27-11/h1-8H,9H2,(H,22,25)(H,23,26). The minimum atomic E-state index is -4.67. The lowest BCUT2D eigenvalue weighted by atomic mass is 10.1. The zero-order valence-corrected chi connectivity index (χ0v) is 14.3. The fraction of sp³-hybridized carbons (Fsp3) is 0.118. The van der Waals surface area contributed by atoms with Gasteiger partial charge in [-0.2, -0.15) is 13.2 Å². The minimum absolute atomic E-state index is 0.0906. The van der Waals surface area contributed by atoms with Crippen molar-refractivity contribution in [2.45, 2.75) is 12.7 Å². The van der Waals surface area contributed by atoms with Gasteiger partial charge in [-0.15, -0.1) is 10.2 Å². The highest BCUT2D eigenvalue weighted by Crippen LogP contribution is 2.36. The van der Waals surface area contributed by atoms with Crippen molar-refractivity contribution >= 4 is 29.0 Å². The highest BCUT2D eigenvalue weighted by molar-refractivity contribution is 6.30. The summed E-state index contributed by atoms with van der Waals surface area (Å²) in [6.45, 7) is 0.368. The SMILES string of the molecule is O=C(Nc1ccc(Cl)cc1C(F)(F)F)c1ccc(NCc2ccco2)nn1. The van der Waals surface area contributed by atoms with Gasteiger partial charge in [-0.05, 0) is 42.5 Å². The average Bonchev–Trinajstić information content (AvgIpc) is 3.14. The number of halogens is 4. The van der Waals surface area contributed by atoms with Crippen LogP contribution in [-0.4, -0.2) is 16.1 Å². The molecular formula is C17H12ClF3N4O2. The van der Waals surface area contributed by atoms with Crippen molar-refractivity contribution in [3.63, 3.8) is 0 Å². The topological polar surface area (TPSA) is 80.0 Å². The summed E-state index contributed by atoms with van der Waals surface area (Å²) in [6.07, 6.45) is -3.14. The molecule has 0 bridgehead atoms. The van der Waals surface area contributed by atoms with E-state index in [1.165, 1.54) is 24.5 Å². The number of carbonyl (C=O) groups is 1. The maximum atomic E-state index is 13.1. The first kappa shape index (κ1) is 18.7. The number of benzene rings is 1. The van der Waals surface area contributed by atoms with E-state index in [2.05, 4.69) is 20.8 Å². The second-order valence-corrected chi connectivity index (χ2v) is 5.81. The third-order valence-electron chi connectivity index (χ3n) is 3.46. The van der Waals surface area contributed by atoms with Gasteiger partial charge in [0.05, 0.1) is 24.1 Å². The van der Waals surface area contributed by atoms with Crippen LogP contribution >= 0.6 is 11.6 Å². The molecule has 0 spiro atoms. The second kappa shape index (κ2) is 7.67. The second-order valence-electron chi connectivity index (χ2n) is 5.38. The Labute approximate surface area is 156 Å². The molecule has 0 radical (unpaired) electrons. The third-order valence-corrected chi connectivity index (χ3v) is 3.69. The van der Waals surface area contributed by atoms with Crippen molar-refractivity contribution in [2.75, 3.05) is 10.6 Å². The van der Waals surface area contributed by atoms with Gasteiger partial charge in [-0.3, -0.25) is 4.79 Å². The van der Waals surface area contributed by atoms with E-state index in [1.807, 2.05) is 0 Å². The molecule has 0 aliphatic rings. The maximum absolute atomic E-state index is 13.1. The Morgan fingerprint density at radius 2 is 1.96 bits per heavy atom. The summed E-state index contributed by atoms with van der Waals surface area (Å²) in [4.78, 5) is 12.2. The Morgan fingerprint density at radius 3 is 2.59 bits per heavy atom. The molecule has 2 aromatic heterocycles. The Balaban J connectivity index is 1.70. The highest BCUT2D eigenvalue weighted by Gasteiger charge is 2.34. The smallest absolute Gasteiger partial charge is 0.418 e. The Bertz CT molecular complexity index is 928. The maximum Gasteiger partial charge on any atom is 0.418 e. The van der Waals surface area contributed by atoms with Crippen molar-refractivity contribution in [1.29, 1.82) is 0 Å². The highest BCUT2D eigenvalue weighted by atomic mass is 35.5. The van der Waals surface area contributed by atoms with Gasteiger partial charge in [0.1, 0.15) is 11.6 Å². The molecule has 1 amide bonds. The molecule has 0 unspecified atom stereocenters. The van der Waals surface area contributed by atoms with Crippen molar-refractivity contribution in [1.82, 2.24) is 10.2 Å². The Kier molecular flexibility index (Phi) is 5.31. The first-order valence-corrected chi connectivity index (χ1v) is 7.99. The van der Waals surface area contributed by atoms with E-state index < -0.39 is 23.3 Å². The minimum Gasteiger partial charge on any atom is -0.467 e. The number of nitrogens with zero attached hydrogens (tertiary/aromatic N) is 2. The molecule has 6 nitrogen and oxygen atoms in total. The number of furan rings is 1. The van der Waals surface area contributed by atoms with Crippen LogP contribution in [0.25, 0.3) is 0 Å². The van der Waals surface area contributed by atoms with E-state index in [1.54, 1.807) is 12.1 Å². The first-order valence-electron chi connectivity index (χ1n) is 7.61. The number of anilines is 2. The predicted octanol–water partition coefficient (Wildman–Crippen LogP) is 4.61. The van der Waals surface area contributed by atoms with Gasteiger partial charge in [-0.25, -0.2) is 0 Å². The molecule has 1 aromatic carbocycles. The van der Waals surface area contributed by atoms with Gasteiger partial charge in [0, 0.05) is 5.02 Å². The van der Waals surface area contributed by atoms with Crippen LogP contribution < -0.4 is 10.6 Å². The molecule has 0 saturated carbocycles. The molecule has 0 aliphatic carbocycles. The summed E-state index contributed by atoms with van der Waals surface area (Å²) < 4.78 is 44.4. The van der Waals surface area contributed by atoms with E-state index in [-0.39, 0.29) is 10.7 Å². The van der Waals surface area contributed by atoms with Crippen LogP contribution in [0.4, 0.5) is 24.7 Å². The molecule has 0 fully saturated rings.